The fourth-order valence-corrected chi connectivity index (χ4v) is 1.27. The summed E-state index contributed by atoms with van der Waals surface area (Å²) in [6.45, 7) is -2.56. The largest absolute Gasteiger partial charge is 0.484 e. The molecule has 0 saturated carbocycles. The molecule has 0 spiro atoms. The Morgan fingerprint density at radius 1 is 1.24 bits per heavy atom. The Morgan fingerprint density at radius 3 is 2.57 bits per heavy atom. The molecule has 0 aromatic heterocycles. The van der Waals surface area contributed by atoms with Crippen LogP contribution in [-0.2, 0) is 14.3 Å². The van der Waals surface area contributed by atoms with Crippen molar-refractivity contribution in [1.82, 2.24) is 0 Å². The number of nitrogens with two attached hydrogens (primary N) is 1. The van der Waals surface area contributed by atoms with Gasteiger partial charge < -0.3 is 20.5 Å². The molecule has 1 aromatic carbocycles. The summed E-state index contributed by atoms with van der Waals surface area (Å²) in [6.07, 6.45) is -4.48. The Hall–Kier alpha value is -2.29. The van der Waals surface area contributed by atoms with Gasteiger partial charge in [0.1, 0.15) is 19.0 Å². The van der Waals surface area contributed by atoms with Crippen molar-refractivity contribution in [2.45, 2.75) is 6.18 Å². The van der Waals surface area contributed by atoms with E-state index >= 15 is 0 Å². The molecule has 0 aliphatic heterocycles. The van der Waals surface area contributed by atoms with Crippen LogP contribution in [0.3, 0.4) is 0 Å². The van der Waals surface area contributed by atoms with Gasteiger partial charge >= 0.3 is 6.18 Å². The summed E-state index contributed by atoms with van der Waals surface area (Å²) in [5, 5.41) is 2.33. The van der Waals surface area contributed by atoms with Gasteiger partial charge in [-0.3, -0.25) is 9.59 Å². The predicted octanol–water partition coefficient (Wildman–Crippen LogP) is 1.07. The maximum atomic E-state index is 11.8. The highest BCUT2D eigenvalue weighted by molar-refractivity contribution is 5.91. The fraction of sp³-hybridized carbons (Fsp3) is 0.333. The zero-order chi connectivity index (χ0) is 15.9. The van der Waals surface area contributed by atoms with Crippen LogP contribution in [0.5, 0.6) is 5.75 Å². The van der Waals surface area contributed by atoms with E-state index < -0.39 is 31.2 Å². The Kier molecular flexibility index (Phi) is 5.97. The van der Waals surface area contributed by atoms with Crippen LogP contribution < -0.4 is 15.8 Å². The van der Waals surface area contributed by atoms with Gasteiger partial charge in [-0.25, -0.2) is 0 Å². The van der Waals surface area contributed by atoms with Crippen molar-refractivity contribution < 1.29 is 32.2 Å². The van der Waals surface area contributed by atoms with Crippen molar-refractivity contribution in [3.05, 3.63) is 24.3 Å². The molecule has 116 valence electrons. The molecule has 0 heterocycles. The Balaban J connectivity index is 2.45. The smallest absolute Gasteiger partial charge is 0.411 e. The molecule has 0 aliphatic rings. The maximum absolute atomic E-state index is 11.8. The number of hydrogen-bond acceptors (Lipinski definition) is 4. The number of primary amides is 1. The minimum absolute atomic E-state index is 0.280. The number of anilines is 1. The lowest BCUT2D eigenvalue weighted by Gasteiger charge is -2.09. The maximum Gasteiger partial charge on any atom is 0.411 e. The van der Waals surface area contributed by atoms with E-state index in [0.29, 0.717) is 0 Å². The van der Waals surface area contributed by atoms with E-state index in [2.05, 4.69) is 10.1 Å². The Morgan fingerprint density at radius 2 is 1.95 bits per heavy atom. The van der Waals surface area contributed by atoms with E-state index in [9.17, 15) is 22.8 Å². The third-order valence-corrected chi connectivity index (χ3v) is 2.00. The van der Waals surface area contributed by atoms with E-state index in [-0.39, 0.29) is 18.0 Å². The number of nitrogens with one attached hydrogen (secondary N) is 1. The molecule has 0 radical (unpaired) electrons. The van der Waals surface area contributed by atoms with Crippen LogP contribution in [0.25, 0.3) is 0 Å². The molecule has 0 atom stereocenters. The summed E-state index contributed by atoms with van der Waals surface area (Å²) >= 11 is 0. The van der Waals surface area contributed by atoms with Gasteiger partial charge in [0.2, 0.25) is 5.91 Å². The molecular weight excluding hydrogens is 293 g/mol. The standard InChI is InChI=1S/C12H13F3N2O4/c13-12(14,15)7-20-6-11(19)17-8-2-1-3-9(4-8)21-5-10(16)18/h1-4H,5-7H2,(H2,16,18)(H,17,19). The van der Waals surface area contributed by atoms with Crippen LogP contribution in [0.1, 0.15) is 0 Å². The van der Waals surface area contributed by atoms with Crippen LogP contribution in [0.4, 0.5) is 18.9 Å². The van der Waals surface area contributed by atoms with Crippen LogP contribution in [0.2, 0.25) is 0 Å². The number of alkyl halides is 3. The van der Waals surface area contributed by atoms with Gasteiger partial charge in [-0.1, -0.05) is 6.07 Å². The molecule has 0 saturated heterocycles. The molecule has 3 N–H and O–H groups in total. The fourth-order valence-electron chi connectivity index (χ4n) is 1.27. The molecular formula is C12H13F3N2O4. The second-order valence-electron chi connectivity index (χ2n) is 3.94. The lowest BCUT2D eigenvalue weighted by atomic mass is 10.3. The first-order valence-electron chi connectivity index (χ1n) is 5.72. The summed E-state index contributed by atoms with van der Waals surface area (Å²) in [5.74, 6) is -1.13. The van der Waals surface area contributed by atoms with E-state index in [1.165, 1.54) is 24.3 Å². The van der Waals surface area contributed by atoms with E-state index in [1.807, 2.05) is 0 Å². The summed E-state index contributed by atoms with van der Waals surface area (Å²) < 4.78 is 44.7. The summed E-state index contributed by atoms with van der Waals surface area (Å²) in [6, 6.07) is 5.95. The molecule has 1 aromatic rings. The van der Waals surface area contributed by atoms with Crippen molar-refractivity contribution in [3.8, 4) is 5.75 Å². The van der Waals surface area contributed by atoms with Crippen molar-refractivity contribution in [2.24, 2.45) is 5.73 Å². The summed E-state index contributed by atoms with van der Waals surface area (Å²) in [4.78, 5) is 21.9. The number of hydrogen-bond donors (Lipinski definition) is 2. The van der Waals surface area contributed by atoms with Gasteiger partial charge in [-0.2, -0.15) is 13.2 Å². The van der Waals surface area contributed by atoms with Crippen LogP contribution in [0, 0.1) is 0 Å². The van der Waals surface area contributed by atoms with Gasteiger partial charge in [0, 0.05) is 11.8 Å². The molecule has 0 fully saturated rings. The van der Waals surface area contributed by atoms with Gasteiger partial charge in [0.15, 0.2) is 6.61 Å². The molecule has 6 nitrogen and oxygen atoms in total. The zero-order valence-electron chi connectivity index (χ0n) is 10.8. The second-order valence-corrected chi connectivity index (χ2v) is 3.94. The molecule has 2 amide bonds. The highest BCUT2D eigenvalue weighted by Gasteiger charge is 2.27. The van der Waals surface area contributed by atoms with Gasteiger partial charge in [0.05, 0.1) is 0 Å². The van der Waals surface area contributed by atoms with Crippen LogP contribution >= 0.6 is 0 Å². The van der Waals surface area contributed by atoms with Crippen LogP contribution in [-0.4, -0.2) is 37.8 Å². The number of carbonyl (C=O) groups is 2. The molecule has 1 rings (SSSR count). The van der Waals surface area contributed by atoms with Crippen molar-refractivity contribution in [2.75, 3.05) is 25.1 Å². The molecule has 9 heteroatoms. The highest BCUT2D eigenvalue weighted by Crippen LogP contribution is 2.17. The number of carbonyl (C=O) groups excluding carboxylic acids is 2. The first kappa shape index (κ1) is 16.8. The number of halogens is 3. The topological polar surface area (TPSA) is 90.7 Å². The lowest BCUT2D eigenvalue weighted by molar-refractivity contribution is -0.174. The van der Waals surface area contributed by atoms with Crippen molar-refractivity contribution in [3.63, 3.8) is 0 Å². The number of rotatable bonds is 7. The molecule has 0 bridgehead atoms. The van der Waals surface area contributed by atoms with Crippen molar-refractivity contribution >= 4 is 17.5 Å². The zero-order valence-corrected chi connectivity index (χ0v) is 10.8. The average Bonchev–Trinajstić information content (AvgIpc) is 2.35. The summed E-state index contributed by atoms with van der Waals surface area (Å²) in [7, 11) is 0. The van der Waals surface area contributed by atoms with Crippen molar-refractivity contribution in [1.29, 1.82) is 0 Å². The van der Waals surface area contributed by atoms with E-state index in [1.54, 1.807) is 0 Å². The minimum Gasteiger partial charge on any atom is -0.484 e. The van der Waals surface area contributed by atoms with Crippen LogP contribution in [0.15, 0.2) is 24.3 Å². The molecule has 21 heavy (non-hydrogen) atoms. The third kappa shape index (κ3) is 7.78. The number of benzene rings is 1. The second kappa shape index (κ2) is 7.48. The van der Waals surface area contributed by atoms with Gasteiger partial charge in [0.25, 0.3) is 5.91 Å². The Bertz CT molecular complexity index is 506. The number of amides is 2. The molecule has 0 unspecified atom stereocenters. The first-order chi connectivity index (χ1) is 9.76. The quantitative estimate of drug-likeness (QED) is 0.788. The van der Waals surface area contributed by atoms with E-state index in [0.717, 1.165) is 0 Å². The lowest BCUT2D eigenvalue weighted by Crippen LogP contribution is -2.24. The average molecular weight is 306 g/mol. The SMILES string of the molecule is NC(=O)COc1cccc(NC(=O)COCC(F)(F)F)c1. The Labute approximate surface area is 118 Å². The van der Waals surface area contributed by atoms with Gasteiger partial charge in [-0.05, 0) is 12.1 Å². The summed E-state index contributed by atoms with van der Waals surface area (Å²) in [5.41, 5.74) is 5.20. The van der Waals surface area contributed by atoms with Gasteiger partial charge in [-0.15, -0.1) is 0 Å². The third-order valence-electron chi connectivity index (χ3n) is 2.00. The highest BCUT2D eigenvalue weighted by atomic mass is 19.4. The molecule has 0 aliphatic carbocycles. The normalized spacial score (nSPS) is 11.0. The monoisotopic (exact) mass is 306 g/mol. The minimum atomic E-state index is -4.48. The van der Waals surface area contributed by atoms with E-state index in [4.69, 9.17) is 10.5 Å². The predicted molar refractivity (Wildman–Crippen MR) is 66.6 cm³/mol. The first-order valence-corrected chi connectivity index (χ1v) is 5.72. The number of ether oxygens (including phenoxy) is 2.